The molecule has 1 heterocycles. The van der Waals surface area contributed by atoms with Gasteiger partial charge in [-0.05, 0) is 50.1 Å². The molecule has 3 amide bonds. The largest absolute Gasteiger partial charge is 0.341 e. The van der Waals surface area contributed by atoms with E-state index in [1.54, 1.807) is 0 Å². The zero-order chi connectivity index (χ0) is 23.4. The van der Waals surface area contributed by atoms with E-state index in [2.05, 4.69) is 10.6 Å². The molecule has 1 saturated heterocycles. The summed E-state index contributed by atoms with van der Waals surface area (Å²) in [5.41, 5.74) is 2.70. The van der Waals surface area contributed by atoms with E-state index < -0.39 is 28.8 Å². The Hall–Kier alpha value is -3.40. The molecule has 0 bridgehead atoms. The Labute approximate surface area is 189 Å². The van der Waals surface area contributed by atoms with Gasteiger partial charge in [0.25, 0.3) is 11.6 Å². The lowest BCUT2D eigenvalue weighted by atomic mass is 10.1. The van der Waals surface area contributed by atoms with E-state index in [4.69, 9.17) is 0 Å². The number of amides is 3. The SMILES string of the molecule is Cc1ccc(NC(=O)C2CSCN2C(=O)C(C)NC(=O)c2cccc([N+](=O)[O-])c2)cc1C. The third-order valence-electron chi connectivity index (χ3n) is 5.28. The molecule has 2 atom stereocenters. The maximum absolute atomic E-state index is 13.0. The van der Waals surface area contributed by atoms with Crippen molar-refractivity contribution in [2.24, 2.45) is 0 Å². The average Bonchev–Trinajstić information content (AvgIpc) is 3.25. The molecule has 168 valence electrons. The topological polar surface area (TPSA) is 122 Å². The molecular formula is C22H24N4O5S. The fraction of sp³-hybridized carbons (Fsp3) is 0.318. The van der Waals surface area contributed by atoms with E-state index in [9.17, 15) is 24.5 Å². The van der Waals surface area contributed by atoms with Gasteiger partial charge in [-0.25, -0.2) is 0 Å². The van der Waals surface area contributed by atoms with Gasteiger partial charge in [0, 0.05) is 29.1 Å². The average molecular weight is 457 g/mol. The molecule has 0 saturated carbocycles. The van der Waals surface area contributed by atoms with Gasteiger partial charge < -0.3 is 15.5 Å². The van der Waals surface area contributed by atoms with Crippen LogP contribution in [-0.4, -0.2) is 51.3 Å². The minimum Gasteiger partial charge on any atom is -0.341 e. The maximum Gasteiger partial charge on any atom is 0.270 e. The number of hydrogen-bond donors (Lipinski definition) is 2. The highest BCUT2D eigenvalue weighted by molar-refractivity contribution is 7.99. The standard InChI is InChI=1S/C22H24N4O5S/c1-13-7-8-17(9-14(13)2)24-21(28)19-11-32-12-25(19)22(29)15(3)23-20(27)16-5-4-6-18(10-16)26(30)31/h4-10,15,19H,11-12H2,1-3H3,(H,23,27)(H,24,28). The van der Waals surface area contributed by atoms with Gasteiger partial charge in [0.05, 0.1) is 10.8 Å². The number of benzene rings is 2. The lowest BCUT2D eigenvalue weighted by Crippen LogP contribution is -2.52. The Morgan fingerprint density at radius 1 is 1.16 bits per heavy atom. The predicted octanol–water partition coefficient (Wildman–Crippen LogP) is 2.87. The van der Waals surface area contributed by atoms with Gasteiger partial charge in [-0.1, -0.05) is 12.1 Å². The second-order valence-corrected chi connectivity index (χ2v) is 8.61. The first-order valence-electron chi connectivity index (χ1n) is 9.99. The number of carbonyl (C=O) groups is 3. The molecule has 0 aliphatic carbocycles. The Balaban J connectivity index is 1.65. The van der Waals surface area contributed by atoms with E-state index in [0.29, 0.717) is 17.3 Å². The molecule has 2 N–H and O–H groups in total. The third-order valence-corrected chi connectivity index (χ3v) is 6.29. The molecule has 2 aromatic rings. The van der Waals surface area contributed by atoms with E-state index in [1.165, 1.54) is 41.8 Å². The number of rotatable bonds is 6. The molecule has 3 rings (SSSR count). The molecule has 1 aliphatic rings. The van der Waals surface area contributed by atoms with Crippen molar-refractivity contribution < 1.29 is 19.3 Å². The number of hydrogen-bond acceptors (Lipinski definition) is 6. The molecule has 10 heteroatoms. The first-order chi connectivity index (χ1) is 15.2. The van der Waals surface area contributed by atoms with Crippen LogP contribution in [0, 0.1) is 24.0 Å². The summed E-state index contributed by atoms with van der Waals surface area (Å²) in [4.78, 5) is 50.0. The first-order valence-corrected chi connectivity index (χ1v) is 11.1. The van der Waals surface area contributed by atoms with Crippen LogP contribution in [0.15, 0.2) is 42.5 Å². The molecular weight excluding hydrogens is 432 g/mol. The Kier molecular flexibility index (Phi) is 7.14. The number of nitro groups is 1. The molecule has 0 aromatic heterocycles. The fourth-order valence-corrected chi connectivity index (χ4v) is 4.44. The van der Waals surface area contributed by atoms with Crippen LogP contribution in [0.5, 0.6) is 0 Å². The van der Waals surface area contributed by atoms with E-state index in [1.807, 2.05) is 32.0 Å². The summed E-state index contributed by atoms with van der Waals surface area (Å²) in [6, 6.07) is 9.32. The highest BCUT2D eigenvalue weighted by Gasteiger charge is 2.37. The molecule has 2 aromatic carbocycles. The summed E-state index contributed by atoms with van der Waals surface area (Å²) in [5.74, 6) is -0.496. The number of aryl methyl sites for hydroxylation is 2. The Morgan fingerprint density at radius 2 is 1.91 bits per heavy atom. The zero-order valence-electron chi connectivity index (χ0n) is 18.0. The molecule has 1 aliphatic heterocycles. The van der Waals surface area contributed by atoms with Gasteiger partial charge in [0.1, 0.15) is 12.1 Å². The molecule has 1 fully saturated rings. The van der Waals surface area contributed by atoms with Gasteiger partial charge in [0.15, 0.2) is 0 Å². The van der Waals surface area contributed by atoms with Crippen LogP contribution in [0.2, 0.25) is 0 Å². The van der Waals surface area contributed by atoms with Crippen molar-refractivity contribution in [3.8, 4) is 0 Å². The van der Waals surface area contributed by atoms with Gasteiger partial charge in [-0.15, -0.1) is 11.8 Å². The number of nitrogens with one attached hydrogen (secondary N) is 2. The molecule has 9 nitrogen and oxygen atoms in total. The second-order valence-electron chi connectivity index (χ2n) is 7.61. The second kappa shape index (κ2) is 9.82. The minimum absolute atomic E-state index is 0.0821. The van der Waals surface area contributed by atoms with Gasteiger partial charge in [-0.2, -0.15) is 0 Å². The smallest absolute Gasteiger partial charge is 0.270 e. The normalized spacial score (nSPS) is 16.3. The highest BCUT2D eigenvalue weighted by atomic mass is 32.2. The molecule has 2 unspecified atom stereocenters. The number of non-ortho nitro benzene ring substituents is 1. The van der Waals surface area contributed by atoms with E-state index >= 15 is 0 Å². The number of thioether (sulfide) groups is 1. The van der Waals surface area contributed by atoms with Crippen LogP contribution in [0.25, 0.3) is 0 Å². The zero-order valence-corrected chi connectivity index (χ0v) is 18.8. The van der Waals surface area contributed by atoms with Crippen molar-refractivity contribution >= 4 is 40.9 Å². The highest BCUT2D eigenvalue weighted by Crippen LogP contribution is 2.24. The maximum atomic E-state index is 13.0. The van der Waals surface area contributed by atoms with Crippen molar-refractivity contribution in [3.63, 3.8) is 0 Å². The van der Waals surface area contributed by atoms with E-state index in [0.717, 1.165) is 17.2 Å². The quantitative estimate of drug-likeness (QED) is 0.509. The summed E-state index contributed by atoms with van der Waals surface area (Å²) < 4.78 is 0. The monoisotopic (exact) mass is 456 g/mol. The van der Waals surface area contributed by atoms with Crippen molar-refractivity contribution in [1.29, 1.82) is 0 Å². The number of nitro benzene ring substituents is 1. The van der Waals surface area contributed by atoms with Crippen LogP contribution in [0.1, 0.15) is 28.4 Å². The Bertz CT molecular complexity index is 1070. The van der Waals surface area contributed by atoms with Crippen molar-refractivity contribution in [3.05, 3.63) is 69.3 Å². The van der Waals surface area contributed by atoms with Crippen molar-refractivity contribution in [2.75, 3.05) is 16.9 Å². The number of anilines is 1. The third kappa shape index (κ3) is 5.25. The van der Waals surface area contributed by atoms with Crippen LogP contribution in [0.3, 0.4) is 0 Å². The summed E-state index contributed by atoms with van der Waals surface area (Å²) in [5, 5.41) is 16.3. The summed E-state index contributed by atoms with van der Waals surface area (Å²) >= 11 is 1.46. The van der Waals surface area contributed by atoms with E-state index in [-0.39, 0.29) is 17.2 Å². The Morgan fingerprint density at radius 3 is 2.59 bits per heavy atom. The van der Waals surface area contributed by atoms with Gasteiger partial charge >= 0.3 is 0 Å². The van der Waals surface area contributed by atoms with Crippen LogP contribution >= 0.6 is 11.8 Å². The van der Waals surface area contributed by atoms with Crippen molar-refractivity contribution in [2.45, 2.75) is 32.9 Å². The van der Waals surface area contributed by atoms with Crippen molar-refractivity contribution in [1.82, 2.24) is 10.2 Å². The van der Waals surface area contributed by atoms with Gasteiger partial charge in [-0.3, -0.25) is 24.5 Å². The lowest BCUT2D eigenvalue weighted by Gasteiger charge is -2.26. The van der Waals surface area contributed by atoms with Crippen LogP contribution < -0.4 is 10.6 Å². The van der Waals surface area contributed by atoms with Crippen LogP contribution in [0.4, 0.5) is 11.4 Å². The summed E-state index contributed by atoms with van der Waals surface area (Å²) in [6.45, 7) is 5.47. The summed E-state index contributed by atoms with van der Waals surface area (Å²) in [7, 11) is 0. The molecule has 0 spiro atoms. The fourth-order valence-electron chi connectivity index (χ4n) is 3.27. The van der Waals surface area contributed by atoms with Crippen LogP contribution in [-0.2, 0) is 9.59 Å². The lowest BCUT2D eigenvalue weighted by molar-refractivity contribution is -0.384. The minimum atomic E-state index is -0.905. The van der Waals surface area contributed by atoms with Gasteiger partial charge in [0.2, 0.25) is 11.8 Å². The number of nitrogens with zero attached hydrogens (tertiary/aromatic N) is 2. The summed E-state index contributed by atoms with van der Waals surface area (Å²) in [6.07, 6.45) is 0. The first kappa shape index (κ1) is 23.3. The molecule has 0 radical (unpaired) electrons. The molecule has 32 heavy (non-hydrogen) atoms. The number of carbonyl (C=O) groups excluding carboxylic acids is 3. The predicted molar refractivity (Wildman–Crippen MR) is 123 cm³/mol.